The molecule has 31 heteroatoms. The van der Waals surface area contributed by atoms with E-state index in [1.54, 1.807) is 13.8 Å². The molecule has 0 radical (unpaired) electrons. The quantitative estimate of drug-likeness (QED) is 0.00920. The fourth-order valence-electron chi connectivity index (χ4n) is 11.8. The smallest absolute Gasteiger partial charge is 0.349 e. The number of rotatable bonds is 29. The standard InChI is InChI=1S/C78H87Cl2N9O20/c1-9-15-16-17-18-19-26-81-78(102)84-60(90)40-53-72(96)85-64-46-36-58(108-55-24-21-44(34-50(55)79)68(92)66(75(99)83-53)88-71(95)52(32-42(7)8)82-41-61(91)106-30-13-5)70(94)59(37-46)109-56-25-22-45(35-51(56)80)69(93)67-76(100)87-65(77(101)107-31-14-6)49-38-47(103-27-10-2)39-57(105-29-12-4)62(49)48-33-43(20-23-54(48)104-28-11-3)63(73(97)89-67)86-74(64)98/h10-14,20-25,33-39,41-42,52-53,63-69,92-94H,2-6,9,15-19,26-32,40H2,1,7-8H3,(H,83,99)(H,85,96)(H,86,98)(H,87,100)(H,88,95)(H,89,97)(H2,81,84,90,102)/t52-,53+,63-,64-,65+,66-,67+,68-,69-/m1/s1. The second-order valence-electron chi connectivity index (χ2n) is 25.7. The molecule has 109 heavy (non-hydrogen) atoms. The van der Waals surface area contributed by atoms with Crippen molar-refractivity contribution in [3.05, 3.63) is 180 Å². The molecule has 0 unspecified atom stereocenters. The van der Waals surface area contributed by atoms with E-state index in [4.69, 9.17) is 56.4 Å². The Morgan fingerprint density at radius 2 is 1.18 bits per heavy atom. The third-order valence-electron chi connectivity index (χ3n) is 17.1. The highest BCUT2D eigenvalue weighted by atomic mass is 35.5. The molecule has 5 heterocycles. The molecule has 578 valence electrons. The van der Waals surface area contributed by atoms with Gasteiger partial charge in [0.1, 0.15) is 116 Å². The van der Waals surface area contributed by atoms with Gasteiger partial charge in [0, 0.05) is 29.3 Å². The van der Waals surface area contributed by atoms with Crippen LogP contribution in [0.5, 0.6) is 46.0 Å². The maximum Gasteiger partial charge on any atom is 0.349 e. The van der Waals surface area contributed by atoms with Crippen LogP contribution in [0.2, 0.25) is 10.0 Å². The molecule has 29 nitrogen and oxygen atoms in total. The second kappa shape index (κ2) is 39.9. The van der Waals surface area contributed by atoms with Gasteiger partial charge in [-0.2, -0.15) is 0 Å². The average molecular weight is 1540 g/mol. The number of esters is 2. The van der Waals surface area contributed by atoms with E-state index in [9.17, 15) is 39.3 Å². The third kappa shape index (κ3) is 22.1. The maximum atomic E-state index is 16.2. The Balaban J connectivity index is 1.38. The minimum absolute atomic E-state index is 0.00181. The Labute approximate surface area is 638 Å². The Bertz CT molecular complexity index is 4320. The first kappa shape index (κ1) is 83.1. The number of fused-ring (bicyclic) bond motifs is 15. The number of aliphatic hydroxyl groups is 2. The molecule has 5 aliphatic rings. The van der Waals surface area contributed by atoms with Gasteiger partial charge in [-0.25, -0.2) is 14.4 Å². The number of ether oxygens (including phenoxy) is 7. The molecule has 0 fully saturated rings. The molecular formula is C78H87Cl2N9O20. The Kier molecular flexibility index (Phi) is 30.4. The number of aromatic hydroxyl groups is 1. The van der Waals surface area contributed by atoms with Gasteiger partial charge < -0.3 is 85.7 Å². The minimum atomic E-state index is -2.25. The number of nitrogens with zero attached hydrogens (tertiary/aromatic N) is 1. The number of aliphatic imine (C=N–C) groups is 1. The molecule has 5 aliphatic heterocycles. The van der Waals surface area contributed by atoms with Gasteiger partial charge in [-0.3, -0.25) is 43.9 Å². The van der Waals surface area contributed by atoms with Crippen LogP contribution in [0.1, 0.15) is 130 Å². The first-order chi connectivity index (χ1) is 52.3. The molecule has 0 saturated heterocycles. The highest BCUT2D eigenvalue weighted by molar-refractivity contribution is 6.32. The number of imide groups is 1. The lowest BCUT2D eigenvalue weighted by molar-refractivity contribution is -0.147. The fraction of sp³-hybridized carbons (Fsp3) is 0.346. The first-order valence-electron chi connectivity index (χ1n) is 35.0. The van der Waals surface area contributed by atoms with Gasteiger partial charge in [0.05, 0.1) is 16.5 Å². The number of aliphatic hydroxyl groups excluding tert-OH is 2. The number of hydrogen-bond acceptors (Lipinski definition) is 21. The molecule has 9 atom stereocenters. The Morgan fingerprint density at radius 3 is 1.82 bits per heavy atom. The first-order valence-corrected chi connectivity index (χ1v) is 35.8. The van der Waals surface area contributed by atoms with E-state index in [1.165, 1.54) is 85.0 Å². The molecule has 9 amide bonds. The van der Waals surface area contributed by atoms with E-state index in [0.29, 0.717) is 6.42 Å². The predicted molar refractivity (Wildman–Crippen MR) is 402 cm³/mol. The van der Waals surface area contributed by atoms with E-state index in [0.717, 1.165) is 62.6 Å². The van der Waals surface area contributed by atoms with Gasteiger partial charge in [0.25, 0.3) is 0 Å². The number of carbonyl (C=O) groups is 10. The molecule has 5 aromatic carbocycles. The number of hydrogen-bond donors (Lipinski definition) is 11. The summed E-state index contributed by atoms with van der Waals surface area (Å²) in [5, 5.41) is 56.7. The minimum Gasteiger partial charge on any atom is -0.502 e. The van der Waals surface area contributed by atoms with E-state index < -0.39 is 137 Å². The zero-order valence-electron chi connectivity index (χ0n) is 60.2. The fourth-order valence-corrected chi connectivity index (χ4v) is 12.2. The van der Waals surface area contributed by atoms with E-state index in [-0.39, 0.29) is 130 Å². The molecule has 10 rings (SSSR count). The lowest BCUT2D eigenvalue weighted by Gasteiger charge is -2.32. The summed E-state index contributed by atoms with van der Waals surface area (Å²) in [5.74, 6) is -13.7. The van der Waals surface area contributed by atoms with Crippen LogP contribution in [0.4, 0.5) is 4.79 Å². The van der Waals surface area contributed by atoms with E-state index in [1.807, 2.05) is 0 Å². The molecule has 0 aliphatic carbocycles. The van der Waals surface area contributed by atoms with Crippen molar-refractivity contribution >= 4 is 88.7 Å². The van der Waals surface area contributed by atoms with Crippen LogP contribution in [-0.2, 0) is 52.6 Å². The number of amides is 9. The van der Waals surface area contributed by atoms with Crippen molar-refractivity contribution in [2.75, 3.05) is 39.6 Å². The third-order valence-corrected chi connectivity index (χ3v) is 17.7. The van der Waals surface area contributed by atoms with Gasteiger partial charge in [0.15, 0.2) is 17.5 Å². The van der Waals surface area contributed by atoms with E-state index >= 15 is 24.0 Å². The molecule has 5 aromatic rings. The molecule has 0 spiro atoms. The highest BCUT2D eigenvalue weighted by Crippen LogP contribution is 2.48. The SMILES string of the molecule is C=CCOC(=O)C=N[C@H](CC(C)C)C(=O)N[C@H]1C(=O)N[C@@H](CC(=O)NC(=O)NCCCCCCCC)C(=O)N[C@H]2C(=O)N[C@H]3C(=O)N[C@H](C(=O)N[C@H](C(=O)OCC=C)c4cc(OCC=C)cc(OCC=C)c4-c4cc3ccc4OCC=C)[C@H](O)c3ccc(c(Cl)c3)Oc3cc2cc(c3O)Oc2ccc(cc2Cl)[C@H]1O. The number of carbonyl (C=O) groups excluding carboxylic acids is 10. The lowest BCUT2D eigenvalue weighted by atomic mass is 9.89. The van der Waals surface area contributed by atoms with Crippen LogP contribution in [0.3, 0.4) is 0 Å². The van der Waals surface area contributed by atoms with Crippen LogP contribution in [0.25, 0.3) is 11.1 Å². The van der Waals surface area contributed by atoms with Gasteiger partial charge in [-0.1, -0.05) is 158 Å². The zero-order chi connectivity index (χ0) is 79.0. The largest absolute Gasteiger partial charge is 0.502 e. The maximum absolute atomic E-state index is 16.2. The topological polar surface area (TPSA) is 405 Å². The highest BCUT2D eigenvalue weighted by Gasteiger charge is 2.43. The lowest BCUT2D eigenvalue weighted by Crippen LogP contribution is -2.58. The van der Waals surface area contributed by atoms with Gasteiger partial charge in [-0.15, -0.1) is 0 Å². The summed E-state index contributed by atoms with van der Waals surface area (Å²) >= 11 is 13.9. The number of urea groups is 1. The number of unbranched alkanes of at least 4 members (excludes halogenated alkanes) is 5. The zero-order valence-corrected chi connectivity index (χ0v) is 61.7. The number of halogens is 2. The summed E-state index contributed by atoms with van der Waals surface area (Å²) in [6, 6.07) is 1.13. The predicted octanol–water partition coefficient (Wildman–Crippen LogP) is 8.90. The van der Waals surface area contributed by atoms with Gasteiger partial charge >= 0.3 is 18.0 Å². The van der Waals surface area contributed by atoms with E-state index in [2.05, 4.69) is 87.3 Å². The summed E-state index contributed by atoms with van der Waals surface area (Å²) in [6.07, 6.45) is 7.37. The van der Waals surface area contributed by atoms with Crippen molar-refractivity contribution in [3.8, 4) is 57.1 Å². The summed E-state index contributed by atoms with van der Waals surface area (Å²) in [5.41, 5.74) is -0.921. The molecule has 11 N–H and O–H groups in total. The average Bonchev–Trinajstić information content (AvgIpc) is 0.760. The number of nitrogens with one attached hydrogen (secondary N) is 8. The summed E-state index contributed by atoms with van der Waals surface area (Å²) in [6.45, 7) is 23.2. The summed E-state index contributed by atoms with van der Waals surface area (Å²) < 4.78 is 41.9. The molecule has 0 aromatic heterocycles. The van der Waals surface area contributed by atoms with Crippen molar-refractivity contribution in [3.63, 3.8) is 0 Å². The molecule has 0 saturated carbocycles. The van der Waals surface area contributed by atoms with Gasteiger partial charge in [-0.05, 0) is 95.6 Å². The van der Waals surface area contributed by atoms with Crippen LogP contribution >= 0.6 is 23.2 Å². The normalized spacial score (nSPS) is 19.2. The van der Waals surface area contributed by atoms with Crippen LogP contribution < -0.4 is 66.2 Å². The van der Waals surface area contributed by atoms with Crippen molar-refractivity contribution in [1.82, 2.24) is 42.5 Å². The molecule has 11 bridgehead atoms. The van der Waals surface area contributed by atoms with Crippen LogP contribution in [0.15, 0.2) is 147 Å². The van der Waals surface area contributed by atoms with Gasteiger partial charge in [0.2, 0.25) is 47.1 Å². The number of phenolic OH excluding ortho intramolecular Hbond substituents is 1. The summed E-state index contributed by atoms with van der Waals surface area (Å²) in [4.78, 5) is 152. The van der Waals surface area contributed by atoms with Crippen molar-refractivity contribution in [2.24, 2.45) is 10.9 Å². The Hall–Kier alpha value is -11.5. The monoisotopic (exact) mass is 1540 g/mol. The number of phenols is 1. The van der Waals surface area contributed by atoms with Crippen LogP contribution in [0, 0.1) is 5.92 Å². The van der Waals surface area contributed by atoms with Crippen molar-refractivity contribution < 1.29 is 96.4 Å². The second-order valence-corrected chi connectivity index (χ2v) is 26.5. The van der Waals surface area contributed by atoms with Crippen molar-refractivity contribution in [2.45, 2.75) is 127 Å². The number of benzene rings is 5. The molecular weight excluding hydrogens is 1450 g/mol. The van der Waals surface area contributed by atoms with Crippen molar-refractivity contribution in [1.29, 1.82) is 0 Å². The van der Waals surface area contributed by atoms with Crippen LogP contribution in [-0.4, -0.2) is 145 Å². The Morgan fingerprint density at radius 1 is 0.606 bits per heavy atom. The summed E-state index contributed by atoms with van der Waals surface area (Å²) in [7, 11) is 0.